The fourth-order valence-corrected chi connectivity index (χ4v) is 3.00. The summed E-state index contributed by atoms with van der Waals surface area (Å²) >= 11 is 0. The van der Waals surface area contributed by atoms with Crippen LogP contribution in [0.25, 0.3) is 5.69 Å². The topological polar surface area (TPSA) is 79.2 Å². The van der Waals surface area contributed by atoms with Crippen molar-refractivity contribution in [1.82, 2.24) is 20.4 Å². The van der Waals surface area contributed by atoms with Crippen molar-refractivity contribution in [3.8, 4) is 5.69 Å². The SMILES string of the molecule is Cc1c([C@H](C)NC(=O)[C@H]2C[C@H](O)CN2)cnn1-c1ccc(F)cc1. The van der Waals surface area contributed by atoms with E-state index in [1.165, 1.54) is 12.1 Å². The number of amides is 1. The molecule has 1 aliphatic rings. The standard InChI is InChI=1S/C17H21FN4O2/c1-10(21-17(24)16-7-14(23)8-19-16)15-9-20-22(11(15)2)13-5-3-12(18)4-6-13/h3-6,9-10,14,16,19,23H,7-8H2,1-2H3,(H,21,24)/t10-,14-,16+/m0/s1. The highest BCUT2D eigenvalue weighted by Gasteiger charge is 2.29. The number of hydrogen-bond acceptors (Lipinski definition) is 4. The largest absolute Gasteiger partial charge is 0.392 e. The summed E-state index contributed by atoms with van der Waals surface area (Å²) in [5.74, 6) is -0.427. The molecule has 0 radical (unpaired) electrons. The van der Waals surface area contributed by atoms with Crippen LogP contribution in [0.4, 0.5) is 4.39 Å². The van der Waals surface area contributed by atoms with E-state index < -0.39 is 6.10 Å². The molecule has 1 amide bonds. The molecule has 3 rings (SSSR count). The molecule has 1 aromatic heterocycles. The molecule has 3 atom stereocenters. The number of rotatable bonds is 4. The van der Waals surface area contributed by atoms with Gasteiger partial charge in [-0.2, -0.15) is 5.10 Å². The molecule has 24 heavy (non-hydrogen) atoms. The highest BCUT2D eigenvalue weighted by atomic mass is 19.1. The molecule has 2 heterocycles. The van der Waals surface area contributed by atoms with Gasteiger partial charge in [0.25, 0.3) is 0 Å². The molecule has 1 aliphatic heterocycles. The van der Waals surface area contributed by atoms with Crippen molar-refractivity contribution < 1.29 is 14.3 Å². The Morgan fingerprint density at radius 2 is 2.17 bits per heavy atom. The molecule has 0 aliphatic carbocycles. The van der Waals surface area contributed by atoms with Crippen LogP contribution in [0.3, 0.4) is 0 Å². The van der Waals surface area contributed by atoms with Gasteiger partial charge in [-0.1, -0.05) is 0 Å². The lowest BCUT2D eigenvalue weighted by Gasteiger charge is -2.17. The summed E-state index contributed by atoms with van der Waals surface area (Å²) in [6.45, 7) is 4.24. The summed E-state index contributed by atoms with van der Waals surface area (Å²) in [4.78, 5) is 12.2. The number of aromatic nitrogens is 2. The number of hydrogen-bond donors (Lipinski definition) is 3. The van der Waals surface area contributed by atoms with E-state index >= 15 is 0 Å². The third kappa shape index (κ3) is 3.32. The number of benzene rings is 1. The van der Waals surface area contributed by atoms with E-state index in [4.69, 9.17) is 0 Å². The van der Waals surface area contributed by atoms with Gasteiger partial charge in [0, 0.05) is 17.8 Å². The van der Waals surface area contributed by atoms with Gasteiger partial charge in [-0.15, -0.1) is 0 Å². The smallest absolute Gasteiger partial charge is 0.237 e. The second kappa shape index (κ2) is 6.70. The lowest BCUT2D eigenvalue weighted by molar-refractivity contribution is -0.123. The first kappa shape index (κ1) is 16.6. The number of nitrogens with zero attached hydrogens (tertiary/aromatic N) is 2. The van der Waals surface area contributed by atoms with Crippen LogP contribution in [0.1, 0.15) is 30.6 Å². The van der Waals surface area contributed by atoms with Gasteiger partial charge in [0.2, 0.25) is 5.91 Å². The zero-order valence-electron chi connectivity index (χ0n) is 13.7. The first-order valence-electron chi connectivity index (χ1n) is 7.98. The summed E-state index contributed by atoms with van der Waals surface area (Å²) in [5, 5.41) is 19.8. The fraction of sp³-hybridized carbons (Fsp3) is 0.412. The van der Waals surface area contributed by atoms with Crippen LogP contribution in [0.2, 0.25) is 0 Å². The average Bonchev–Trinajstić information content (AvgIpc) is 3.14. The first-order valence-corrected chi connectivity index (χ1v) is 7.98. The maximum Gasteiger partial charge on any atom is 0.237 e. The molecular formula is C17H21FN4O2. The van der Waals surface area contributed by atoms with E-state index in [0.717, 1.165) is 16.9 Å². The number of aliphatic hydroxyl groups is 1. The van der Waals surface area contributed by atoms with Gasteiger partial charge in [0.05, 0.1) is 30.1 Å². The third-order valence-corrected chi connectivity index (χ3v) is 4.37. The van der Waals surface area contributed by atoms with E-state index in [9.17, 15) is 14.3 Å². The van der Waals surface area contributed by atoms with Gasteiger partial charge in [-0.3, -0.25) is 4.79 Å². The molecule has 1 saturated heterocycles. The lowest BCUT2D eigenvalue weighted by Crippen LogP contribution is -2.41. The minimum Gasteiger partial charge on any atom is -0.392 e. The maximum atomic E-state index is 13.1. The highest BCUT2D eigenvalue weighted by molar-refractivity contribution is 5.82. The van der Waals surface area contributed by atoms with Crippen molar-refractivity contribution in [2.24, 2.45) is 0 Å². The molecule has 0 saturated carbocycles. The molecule has 1 aromatic carbocycles. The fourth-order valence-electron chi connectivity index (χ4n) is 3.00. The summed E-state index contributed by atoms with van der Waals surface area (Å²) in [6, 6.07) is 5.51. The highest BCUT2D eigenvalue weighted by Crippen LogP contribution is 2.21. The summed E-state index contributed by atoms with van der Waals surface area (Å²) in [5.41, 5.74) is 2.54. The Hall–Kier alpha value is -2.25. The minimum atomic E-state index is -0.473. The molecule has 0 unspecified atom stereocenters. The molecule has 2 aromatic rings. The van der Waals surface area contributed by atoms with E-state index in [0.29, 0.717) is 13.0 Å². The van der Waals surface area contributed by atoms with Gasteiger partial charge in [-0.25, -0.2) is 9.07 Å². The van der Waals surface area contributed by atoms with Gasteiger partial charge >= 0.3 is 0 Å². The van der Waals surface area contributed by atoms with Gasteiger partial charge in [-0.05, 0) is 44.5 Å². The molecule has 0 spiro atoms. The molecule has 128 valence electrons. The molecular weight excluding hydrogens is 311 g/mol. The molecule has 6 nitrogen and oxygen atoms in total. The van der Waals surface area contributed by atoms with Crippen molar-refractivity contribution in [3.05, 3.63) is 47.5 Å². The Labute approximate surface area is 139 Å². The molecule has 1 fully saturated rings. The van der Waals surface area contributed by atoms with Crippen LogP contribution in [0.5, 0.6) is 0 Å². The van der Waals surface area contributed by atoms with E-state index in [1.807, 2.05) is 13.8 Å². The van der Waals surface area contributed by atoms with Gasteiger partial charge in [0.1, 0.15) is 5.82 Å². The lowest BCUT2D eigenvalue weighted by atomic mass is 10.1. The number of halogens is 1. The average molecular weight is 332 g/mol. The minimum absolute atomic E-state index is 0.131. The molecule has 3 N–H and O–H groups in total. The Morgan fingerprint density at radius 1 is 1.46 bits per heavy atom. The number of carbonyl (C=O) groups excluding carboxylic acids is 1. The normalized spacial score (nSPS) is 21.7. The van der Waals surface area contributed by atoms with E-state index in [1.54, 1.807) is 23.0 Å². The van der Waals surface area contributed by atoms with Crippen molar-refractivity contribution >= 4 is 5.91 Å². The Balaban J connectivity index is 1.73. The van der Waals surface area contributed by atoms with Crippen LogP contribution in [0.15, 0.2) is 30.5 Å². The molecule has 7 heteroatoms. The molecule has 0 bridgehead atoms. The maximum absolute atomic E-state index is 13.1. The predicted molar refractivity (Wildman–Crippen MR) is 87.2 cm³/mol. The number of aliphatic hydroxyl groups excluding tert-OH is 1. The van der Waals surface area contributed by atoms with Crippen molar-refractivity contribution in [2.45, 2.75) is 38.5 Å². The van der Waals surface area contributed by atoms with Crippen LogP contribution < -0.4 is 10.6 Å². The van der Waals surface area contributed by atoms with Crippen LogP contribution in [0, 0.1) is 12.7 Å². The summed E-state index contributed by atoms with van der Waals surface area (Å²) < 4.78 is 14.8. The quantitative estimate of drug-likeness (QED) is 0.787. The van der Waals surface area contributed by atoms with Gasteiger partial charge in [0.15, 0.2) is 0 Å². The number of β-amino-alcohol motifs (C(OH)–C–C–N with tert-alkyl or cyclic N) is 1. The van der Waals surface area contributed by atoms with Crippen LogP contribution in [-0.4, -0.2) is 39.5 Å². The van der Waals surface area contributed by atoms with Crippen molar-refractivity contribution in [3.63, 3.8) is 0 Å². The second-order valence-corrected chi connectivity index (χ2v) is 6.15. The van der Waals surface area contributed by atoms with E-state index in [2.05, 4.69) is 15.7 Å². The predicted octanol–water partition coefficient (Wildman–Crippen LogP) is 1.22. The zero-order valence-corrected chi connectivity index (χ0v) is 13.7. The Morgan fingerprint density at radius 3 is 2.79 bits per heavy atom. The number of nitrogens with one attached hydrogen (secondary N) is 2. The van der Waals surface area contributed by atoms with Crippen molar-refractivity contribution in [1.29, 1.82) is 0 Å². The monoisotopic (exact) mass is 332 g/mol. The van der Waals surface area contributed by atoms with Crippen LogP contribution in [-0.2, 0) is 4.79 Å². The van der Waals surface area contributed by atoms with Gasteiger partial charge < -0.3 is 15.7 Å². The Kier molecular flexibility index (Phi) is 4.64. The third-order valence-electron chi connectivity index (χ3n) is 4.37. The second-order valence-electron chi connectivity index (χ2n) is 6.15. The zero-order chi connectivity index (χ0) is 17.3. The van der Waals surface area contributed by atoms with Crippen molar-refractivity contribution in [2.75, 3.05) is 6.54 Å². The summed E-state index contributed by atoms with van der Waals surface area (Å²) in [7, 11) is 0. The van der Waals surface area contributed by atoms with E-state index in [-0.39, 0.29) is 23.8 Å². The first-order chi connectivity index (χ1) is 11.5. The van der Waals surface area contributed by atoms with Crippen LogP contribution >= 0.6 is 0 Å². The Bertz CT molecular complexity index is 729. The summed E-state index contributed by atoms with van der Waals surface area (Å²) in [6.07, 6.45) is 1.66. The number of carbonyl (C=O) groups is 1.